The van der Waals surface area contributed by atoms with Crippen LogP contribution in [-0.4, -0.2) is 40.8 Å². The Balaban J connectivity index is 1.72. The molecule has 0 saturated carbocycles. The minimum Gasteiger partial charge on any atom is -0.335 e. The van der Waals surface area contributed by atoms with Gasteiger partial charge in [0, 0.05) is 21.8 Å². The zero-order valence-electron chi connectivity index (χ0n) is 15.6. The number of halogens is 6. The standard InChI is InChI=1S/C20H14F6N2O2S/c21-13-2-1-10(5-12(13)20(24,25)26)11-9-31-16-3-4-27(19(30)18(11)16)8-17(29)28-6-14(22)15(23)7-28/h1-5,9,14-15H,6-8H2. The minimum atomic E-state index is -4.91. The van der Waals surface area contributed by atoms with Crippen LogP contribution >= 0.6 is 11.3 Å². The van der Waals surface area contributed by atoms with Crippen molar-refractivity contribution in [1.29, 1.82) is 0 Å². The lowest BCUT2D eigenvalue weighted by Crippen LogP contribution is -2.35. The Bertz CT molecular complexity index is 1210. The highest BCUT2D eigenvalue weighted by atomic mass is 32.1. The Morgan fingerprint density at radius 1 is 1.13 bits per heavy atom. The molecule has 1 saturated heterocycles. The average molecular weight is 460 g/mol. The van der Waals surface area contributed by atoms with Gasteiger partial charge in [0.1, 0.15) is 12.4 Å². The van der Waals surface area contributed by atoms with Crippen molar-refractivity contribution < 1.29 is 31.1 Å². The van der Waals surface area contributed by atoms with E-state index in [-0.39, 0.29) is 16.5 Å². The summed E-state index contributed by atoms with van der Waals surface area (Å²) in [6.45, 7) is -1.28. The molecule has 11 heteroatoms. The Labute approximate surface area is 175 Å². The molecule has 2 unspecified atom stereocenters. The number of aromatic nitrogens is 1. The number of benzene rings is 1. The van der Waals surface area contributed by atoms with Crippen LogP contribution in [-0.2, 0) is 17.5 Å². The van der Waals surface area contributed by atoms with Gasteiger partial charge in [0.05, 0.1) is 24.0 Å². The van der Waals surface area contributed by atoms with E-state index in [1.54, 1.807) is 0 Å². The molecule has 0 aliphatic carbocycles. The van der Waals surface area contributed by atoms with Gasteiger partial charge in [-0.3, -0.25) is 9.59 Å². The van der Waals surface area contributed by atoms with Gasteiger partial charge in [-0.15, -0.1) is 11.3 Å². The third-order valence-corrected chi connectivity index (χ3v) is 6.07. The molecule has 2 atom stereocenters. The fraction of sp³-hybridized carbons (Fsp3) is 0.300. The van der Waals surface area contributed by atoms with Gasteiger partial charge >= 0.3 is 6.18 Å². The van der Waals surface area contributed by atoms with Crippen molar-refractivity contribution in [2.75, 3.05) is 13.1 Å². The Hall–Kier alpha value is -2.82. The predicted molar refractivity (Wildman–Crippen MR) is 103 cm³/mol. The zero-order chi connectivity index (χ0) is 22.5. The van der Waals surface area contributed by atoms with Gasteiger partial charge in [-0.05, 0) is 23.8 Å². The van der Waals surface area contributed by atoms with Gasteiger partial charge in [0.15, 0.2) is 12.3 Å². The summed E-state index contributed by atoms with van der Waals surface area (Å²) in [5.41, 5.74) is -1.92. The molecule has 1 amide bonds. The van der Waals surface area contributed by atoms with Crippen molar-refractivity contribution in [2.45, 2.75) is 25.1 Å². The first kappa shape index (κ1) is 21.4. The first-order chi connectivity index (χ1) is 14.6. The summed E-state index contributed by atoms with van der Waals surface area (Å²) < 4.78 is 81.1. The van der Waals surface area contributed by atoms with E-state index in [2.05, 4.69) is 0 Å². The van der Waals surface area contributed by atoms with Crippen LogP contribution in [0.3, 0.4) is 0 Å². The fourth-order valence-corrected chi connectivity index (χ4v) is 4.46. The molecule has 1 fully saturated rings. The zero-order valence-corrected chi connectivity index (χ0v) is 16.4. The highest BCUT2D eigenvalue weighted by Gasteiger charge is 2.36. The second-order valence-corrected chi connectivity index (χ2v) is 8.07. The van der Waals surface area contributed by atoms with Crippen LogP contribution in [0.4, 0.5) is 26.3 Å². The Kier molecular flexibility index (Phi) is 5.32. The highest BCUT2D eigenvalue weighted by molar-refractivity contribution is 7.17. The minimum absolute atomic E-state index is 0.00114. The van der Waals surface area contributed by atoms with Crippen LogP contribution in [0.2, 0.25) is 0 Å². The number of likely N-dealkylation sites (tertiary alicyclic amines) is 1. The molecule has 1 aliphatic rings. The molecule has 1 aliphatic heterocycles. The van der Waals surface area contributed by atoms with Crippen molar-refractivity contribution >= 4 is 27.3 Å². The lowest BCUT2D eigenvalue weighted by molar-refractivity contribution is -0.140. The van der Waals surface area contributed by atoms with E-state index in [1.165, 1.54) is 17.6 Å². The van der Waals surface area contributed by atoms with Crippen LogP contribution in [0.25, 0.3) is 21.2 Å². The lowest BCUT2D eigenvalue weighted by Gasteiger charge is -2.16. The van der Waals surface area contributed by atoms with Crippen LogP contribution in [0.5, 0.6) is 0 Å². The maximum atomic E-state index is 13.6. The van der Waals surface area contributed by atoms with Gasteiger partial charge < -0.3 is 9.47 Å². The van der Waals surface area contributed by atoms with E-state index >= 15 is 0 Å². The molecule has 31 heavy (non-hydrogen) atoms. The quantitative estimate of drug-likeness (QED) is 0.544. The first-order valence-electron chi connectivity index (χ1n) is 9.10. The highest BCUT2D eigenvalue weighted by Crippen LogP contribution is 2.37. The summed E-state index contributed by atoms with van der Waals surface area (Å²) in [6.07, 6.45) is -7.14. The summed E-state index contributed by atoms with van der Waals surface area (Å²) in [5.74, 6) is -2.08. The molecular weight excluding hydrogens is 446 g/mol. The monoisotopic (exact) mass is 460 g/mol. The van der Waals surface area contributed by atoms with E-state index in [9.17, 15) is 35.9 Å². The fourth-order valence-electron chi connectivity index (χ4n) is 3.51. The van der Waals surface area contributed by atoms with Crippen LogP contribution in [0.15, 0.2) is 40.6 Å². The second-order valence-electron chi connectivity index (χ2n) is 7.16. The first-order valence-corrected chi connectivity index (χ1v) is 9.98. The molecule has 4 rings (SSSR count). The number of carbonyl (C=O) groups is 1. The average Bonchev–Trinajstić information content (AvgIpc) is 3.27. The summed E-state index contributed by atoms with van der Waals surface area (Å²) >= 11 is 1.11. The van der Waals surface area contributed by atoms with Gasteiger partial charge in [0.25, 0.3) is 5.56 Å². The number of nitrogens with zero attached hydrogens (tertiary/aromatic N) is 2. The summed E-state index contributed by atoms with van der Waals surface area (Å²) in [6, 6.07) is 3.97. The van der Waals surface area contributed by atoms with Gasteiger partial charge in [-0.2, -0.15) is 13.2 Å². The van der Waals surface area contributed by atoms with E-state index in [0.29, 0.717) is 16.8 Å². The van der Waals surface area contributed by atoms with Crippen molar-refractivity contribution in [3.05, 3.63) is 57.6 Å². The summed E-state index contributed by atoms with van der Waals surface area (Å²) in [5, 5.41) is 1.56. The molecule has 164 valence electrons. The normalized spacial score (nSPS) is 19.4. The molecule has 0 bridgehead atoms. The molecule has 0 radical (unpaired) electrons. The number of rotatable bonds is 3. The van der Waals surface area contributed by atoms with Gasteiger partial charge in [-0.25, -0.2) is 13.2 Å². The van der Waals surface area contributed by atoms with E-state index in [0.717, 1.165) is 26.9 Å². The van der Waals surface area contributed by atoms with Crippen molar-refractivity contribution in [3.63, 3.8) is 0 Å². The maximum absolute atomic E-state index is 13.6. The molecule has 1 aromatic carbocycles. The maximum Gasteiger partial charge on any atom is 0.419 e. The van der Waals surface area contributed by atoms with E-state index in [1.807, 2.05) is 0 Å². The topological polar surface area (TPSA) is 42.3 Å². The smallest absolute Gasteiger partial charge is 0.335 e. The predicted octanol–water partition coefficient (Wildman–Crippen LogP) is 4.41. The molecule has 0 spiro atoms. The number of hydrogen-bond acceptors (Lipinski definition) is 3. The van der Waals surface area contributed by atoms with Crippen LogP contribution in [0, 0.1) is 5.82 Å². The van der Waals surface area contributed by atoms with Crippen molar-refractivity contribution in [2.24, 2.45) is 0 Å². The molecule has 2 aromatic heterocycles. The number of alkyl halides is 5. The Morgan fingerprint density at radius 3 is 2.45 bits per heavy atom. The third-order valence-electron chi connectivity index (χ3n) is 5.12. The van der Waals surface area contributed by atoms with Crippen molar-refractivity contribution in [3.8, 4) is 11.1 Å². The number of fused-ring (bicyclic) bond motifs is 1. The SMILES string of the molecule is O=C(Cn1ccc2scc(-c3ccc(F)c(C(F)(F)F)c3)c2c1=O)N1CC(F)C(F)C1. The van der Waals surface area contributed by atoms with E-state index in [4.69, 9.17) is 0 Å². The van der Waals surface area contributed by atoms with Crippen LogP contribution in [0.1, 0.15) is 5.56 Å². The molecule has 0 N–H and O–H groups in total. The largest absolute Gasteiger partial charge is 0.419 e. The second kappa shape index (κ2) is 7.70. The van der Waals surface area contributed by atoms with Crippen molar-refractivity contribution in [1.82, 2.24) is 9.47 Å². The molecule has 4 nitrogen and oxygen atoms in total. The lowest BCUT2D eigenvalue weighted by atomic mass is 10.0. The number of pyridine rings is 1. The molecular formula is C20H14F6N2O2S. The van der Waals surface area contributed by atoms with Gasteiger partial charge in [0.2, 0.25) is 5.91 Å². The summed E-state index contributed by atoms with van der Waals surface area (Å²) in [7, 11) is 0. The number of hydrogen-bond donors (Lipinski definition) is 0. The van der Waals surface area contributed by atoms with Gasteiger partial charge in [-0.1, -0.05) is 6.07 Å². The molecule has 3 aromatic rings. The summed E-state index contributed by atoms with van der Waals surface area (Å²) in [4.78, 5) is 26.3. The van der Waals surface area contributed by atoms with Crippen LogP contribution < -0.4 is 5.56 Å². The third kappa shape index (κ3) is 3.93. The number of thiophene rings is 1. The number of amides is 1. The molecule has 3 heterocycles. The van der Waals surface area contributed by atoms with E-state index < -0.39 is 61.0 Å². The number of carbonyl (C=O) groups excluding carboxylic acids is 1. The Morgan fingerprint density at radius 2 is 1.81 bits per heavy atom.